The van der Waals surface area contributed by atoms with Crippen LogP contribution in [0.15, 0.2) is 22.8 Å². The fourth-order valence-corrected chi connectivity index (χ4v) is 4.70. The van der Waals surface area contributed by atoms with E-state index in [1.54, 1.807) is 19.9 Å². The average Bonchev–Trinajstić information content (AvgIpc) is 2.75. The number of carbonyl (C=O) groups excluding carboxylic acids is 2. The second kappa shape index (κ2) is 5.97. The zero-order chi connectivity index (χ0) is 18.6. The Morgan fingerprint density at radius 3 is 2.72 bits per heavy atom. The maximum Gasteiger partial charge on any atom is 0.336 e. The maximum absolute atomic E-state index is 12.1. The van der Waals surface area contributed by atoms with Crippen molar-refractivity contribution in [1.29, 1.82) is 0 Å². The Kier molecular flexibility index (Phi) is 4.34. The lowest BCUT2D eigenvalue weighted by molar-refractivity contribution is -0.209. The summed E-state index contributed by atoms with van der Waals surface area (Å²) in [5.41, 5.74) is 1.86. The Morgan fingerprint density at radius 2 is 2.08 bits per heavy atom. The molecule has 1 heterocycles. The van der Waals surface area contributed by atoms with Gasteiger partial charge >= 0.3 is 11.9 Å². The molecule has 0 aromatic heterocycles. The van der Waals surface area contributed by atoms with Crippen molar-refractivity contribution in [2.75, 3.05) is 0 Å². The highest BCUT2D eigenvalue weighted by atomic mass is 16.7. The molecule has 0 amide bonds. The lowest BCUT2D eigenvalue weighted by Gasteiger charge is -2.54. The molecule has 2 fully saturated rings. The molecule has 0 radical (unpaired) electrons. The van der Waals surface area contributed by atoms with E-state index in [2.05, 4.69) is 13.8 Å². The summed E-state index contributed by atoms with van der Waals surface area (Å²) in [5, 5.41) is 10.9. The van der Waals surface area contributed by atoms with Crippen LogP contribution in [0.3, 0.4) is 0 Å². The van der Waals surface area contributed by atoms with Gasteiger partial charge in [0.25, 0.3) is 0 Å². The molecule has 0 aromatic rings. The molecule has 0 saturated heterocycles. The molecule has 3 rings (SSSR count). The Balaban J connectivity index is 1.83. The molecule has 5 heteroatoms. The maximum atomic E-state index is 12.1. The highest BCUT2D eigenvalue weighted by molar-refractivity contribution is 5.92. The van der Waals surface area contributed by atoms with Crippen LogP contribution in [-0.2, 0) is 19.1 Å². The van der Waals surface area contributed by atoms with Crippen LogP contribution in [0.5, 0.6) is 0 Å². The molecule has 0 bridgehead atoms. The van der Waals surface area contributed by atoms with E-state index < -0.39 is 11.8 Å². The van der Waals surface area contributed by atoms with Crippen LogP contribution in [-0.4, -0.2) is 28.9 Å². The summed E-state index contributed by atoms with van der Waals surface area (Å²) in [6.45, 7) is 9.70. The first-order valence-electron chi connectivity index (χ1n) is 9.10. The number of rotatable bonds is 2. The van der Waals surface area contributed by atoms with Crippen molar-refractivity contribution in [3.8, 4) is 0 Å². The summed E-state index contributed by atoms with van der Waals surface area (Å²) in [6.07, 6.45) is 4.11. The molecule has 3 unspecified atom stereocenters. The van der Waals surface area contributed by atoms with Crippen molar-refractivity contribution in [2.45, 2.75) is 72.2 Å². The summed E-state index contributed by atoms with van der Waals surface area (Å²) >= 11 is 0. The molecule has 1 N–H and O–H groups in total. The molecule has 5 nitrogen and oxygen atoms in total. The normalized spacial score (nSPS) is 41.1. The van der Waals surface area contributed by atoms with Gasteiger partial charge in [0.15, 0.2) is 0 Å². The number of ether oxygens (including phenoxy) is 2. The van der Waals surface area contributed by atoms with Crippen LogP contribution in [0.25, 0.3) is 0 Å². The van der Waals surface area contributed by atoms with Crippen LogP contribution >= 0.6 is 0 Å². The van der Waals surface area contributed by atoms with Gasteiger partial charge in [0, 0.05) is 23.1 Å². The van der Waals surface area contributed by atoms with Gasteiger partial charge < -0.3 is 14.6 Å². The van der Waals surface area contributed by atoms with Crippen molar-refractivity contribution < 1.29 is 24.2 Å². The minimum absolute atomic E-state index is 0.0324. The monoisotopic (exact) mass is 348 g/mol. The fourth-order valence-electron chi connectivity index (χ4n) is 4.70. The van der Waals surface area contributed by atoms with E-state index >= 15 is 0 Å². The summed E-state index contributed by atoms with van der Waals surface area (Å²) in [4.78, 5) is 24.0. The zero-order valence-electron chi connectivity index (χ0n) is 15.7. The van der Waals surface area contributed by atoms with Crippen molar-refractivity contribution in [2.24, 2.45) is 17.3 Å². The first kappa shape index (κ1) is 18.2. The van der Waals surface area contributed by atoms with E-state index in [0.29, 0.717) is 36.3 Å². The summed E-state index contributed by atoms with van der Waals surface area (Å²) < 4.78 is 11.0. The van der Waals surface area contributed by atoms with Gasteiger partial charge in [-0.2, -0.15) is 0 Å². The number of esters is 2. The largest absolute Gasteiger partial charge is 0.459 e. The smallest absolute Gasteiger partial charge is 0.336 e. The third-order valence-electron chi connectivity index (χ3n) is 6.82. The van der Waals surface area contributed by atoms with Gasteiger partial charge in [-0.25, -0.2) is 9.59 Å². The first-order valence-corrected chi connectivity index (χ1v) is 9.10. The zero-order valence-corrected chi connectivity index (χ0v) is 15.7. The van der Waals surface area contributed by atoms with Gasteiger partial charge in [-0.1, -0.05) is 19.9 Å². The molecule has 3 aliphatic rings. The number of hydrogen-bond donors (Lipinski definition) is 1. The van der Waals surface area contributed by atoms with Gasteiger partial charge in [-0.3, -0.25) is 0 Å². The third kappa shape index (κ3) is 2.82. The van der Waals surface area contributed by atoms with Gasteiger partial charge in [0.1, 0.15) is 6.10 Å². The summed E-state index contributed by atoms with van der Waals surface area (Å²) in [5.74, 6) is -1.72. The van der Waals surface area contributed by atoms with E-state index in [-0.39, 0.29) is 23.4 Å². The second-order valence-electron chi connectivity index (χ2n) is 8.23. The van der Waals surface area contributed by atoms with Gasteiger partial charge in [0.2, 0.25) is 5.79 Å². The van der Waals surface area contributed by atoms with E-state index in [1.807, 2.05) is 6.92 Å². The highest BCUT2D eigenvalue weighted by Crippen LogP contribution is 2.59. The molecule has 138 valence electrons. The number of allylic oxidation sites excluding steroid dienone is 1. The number of hydrogen-bond acceptors (Lipinski definition) is 5. The van der Waals surface area contributed by atoms with E-state index in [1.165, 1.54) is 0 Å². The molecule has 0 spiro atoms. The lowest BCUT2D eigenvalue weighted by Crippen LogP contribution is -2.52. The van der Waals surface area contributed by atoms with Crippen molar-refractivity contribution >= 4 is 11.9 Å². The Labute approximate surface area is 149 Å². The Bertz CT molecular complexity index is 676. The van der Waals surface area contributed by atoms with Crippen LogP contribution < -0.4 is 0 Å². The predicted molar refractivity (Wildman–Crippen MR) is 92.3 cm³/mol. The molecule has 5 atom stereocenters. The van der Waals surface area contributed by atoms with Gasteiger partial charge in [0.05, 0.1) is 0 Å². The first-order chi connectivity index (χ1) is 11.6. The lowest BCUT2D eigenvalue weighted by atomic mass is 9.53. The minimum atomic E-state index is -1.48. The van der Waals surface area contributed by atoms with Gasteiger partial charge in [-0.15, -0.1) is 0 Å². The standard InChI is InChI=1S/C20H28O5/c1-6-11(2)17(21)24-15-7-12(3)19(5)10-16-13(4)18(22)25-20(16,23)9-14(19)8-15/h6,12,14-15,23H,7-10H2,1-5H3/b11-6-/t12-,14?,15?,19+,20?/m0/s1. The molecule has 0 aromatic carbocycles. The molecular formula is C20H28O5. The third-order valence-corrected chi connectivity index (χ3v) is 6.82. The quantitative estimate of drug-likeness (QED) is 0.612. The number of carbonyl (C=O) groups is 2. The molecular weight excluding hydrogens is 320 g/mol. The molecule has 25 heavy (non-hydrogen) atoms. The SMILES string of the molecule is C/C=C(/C)C(=O)OC1CC2CC3(O)OC(=O)C(C)=C3C[C@]2(C)[C@@H](C)C1. The highest BCUT2D eigenvalue weighted by Gasteiger charge is 2.58. The molecule has 2 aliphatic carbocycles. The second-order valence-corrected chi connectivity index (χ2v) is 8.23. The van der Waals surface area contributed by atoms with Crippen LogP contribution in [0, 0.1) is 17.3 Å². The van der Waals surface area contributed by atoms with E-state index in [0.717, 1.165) is 12.0 Å². The minimum Gasteiger partial charge on any atom is -0.459 e. The van der Waals surface area contributed by atoms with E-state index in [9.17, 15) is 14.7 Å². The Morgan fingerprint density at radius 1 is 1.40 bits per heavy atom. The predicted octanol–water partition coefficient (Wildman–Crippen LogP) is 3.27. The van der Waals surface area contributed by atoms with E-state index in [4.69, 9.17) is 9.47 Å². The number of aliphatic hydroxyl groups is 1. The number of fused-ring (bicyclic) bond motifs is 2. The van der Waals surface area contributed by atoms with Gasteiger partial charge in [-0.05, 0) is 57.3 Å². The fraction of sp³-hybridized carbons (Fsp3) is 0.700. The topological polar surface area (TPSA) is 72.8 Å². The molecule has 1 aliphatic heterocycles. The molecule has 2 saturated carbocycles. The summed E-state index contributed by atoms with van der Waals surface area (Å²) in [7, 11) is 0. The average molecular weight is 348 g/mol. The Hall–Kier alpha value is -1.62. The van der Waals surface area contributed by atoms with Crippen LogP contribution in [0.2, 0.25) is 0 Å². The van der Waals surface area contributed by atoms with Crippen LogP contribution in [0.1, 0.15) is 60.3 Å². The van der Waals surface area contributed by atoms with Crippen molar-refractivity contribution in [3.05, 3.63) is 22.8 Å². The van der Waals surface area contributed by atoms with Crippen molar-refractivity contribution in [3.63, 3.8) is 0 Å². The summed E-state index contributed by atoms with van der Waals surface area (Å²) in [6, 6.07) is 0. The van der Waals surface area contributed by atoms with Crippen LogP contribution in [0.4, 0.5) is 0 Å². The van der Waals surface area contributed by atoms with Crippen molar-refractivity contribution in [1.82, 2.24) is 0 Å².